The van der Waals surface area contributed by atoms with Crippen molar-refractivity contribution in [3.05, 3.63) is 0 Å². The Morgan fingerprint density at radius 2 is 1.71 bits per heavy atom. The summed E-state index contributed by atoms with van der Waals surface area (Å²) in [6, 6.07) is 0. The number of amides is 1. The van der Waals surface area contributed by atoms with Crippen molar-refractivity contribution in [3.63, 3.8) is 0 Å². The van der Waals surface area contributed by atoms with Crippen LogP contribution in [0.25, 0.3) is 0 Å². The minimum atomic E-state index is -4.51. The first kappa shape index (κ1) is 13.1. The van der Waals surface area contributed by atoms with E-state index in [0.717, 1.165) is 0 Å². The maximum Gasteiger partial charge on any atom is 0.405 e. The summed E-state index contributed by atoms with van der Waals surface area (Å²) in [7, 11) is 0. The van der Waals surface area contributed by atoms with Crippen LogP contribution in [0.1, 0.15) is 12.8 Å². The Morgan fingerprint density at radius 3 is 2.07 bits per heavy atom. The van der Waals surface area contributed by atoms with Crippen molar-refractivity contribution in [2.45, 2.75) is 25.0 Å². The second kappa shape index (κ2) is 4.58. The van der Waals surface area contributed by atoms with E-state index in [-0.39, 0.29) is 0 Å². The molecule has 0 saturated carbocycles. The molecule has 0 aliphatic heterocycles. The number of nitrogens with one attached hydrogen (secondary N) is 1. The minimum Gasteiger partial charge on any atom is -0.347 e. The predicted octanol–water partition coefficient (Wildman–Crippen LogP) is -0.924. The van der Waals surface area contributed by atoms with Crippen LogP contribution < -0.4 is 5.32 Å². The summed E-state index contributed by atoms with van der Waals surface area (Å²) in [6.07, 6.45) is -5.87. The third-order valence-corrected chi connectivity index (χ3v) is 1.17. The number of carbonyl (C=O) groups is 1. The van der Waals surface area contributed by atoms with Gasteiger partial charge in [0, 0.05) is 12.8 Å². The van der Waals surface area contributed by atoms with E-state index >= 15 is 0 Å². The van der Waals surface area contributed by atoms with Crippen molar-refractivity contribution < 1.29 is 33.3 Å². The molecule has 0 saturated heterocycles. The molecule has 0 atom stereocenters. The van der Waals surface area contributed by atoms with Crippen LogP contribution in [0.3, 0.4) is 0 Å². The number of rotatable bonds is 4. The molecular formula is C6H10F3NO4. The molecule has 0 aromatic rings. The number of carbonyl (C=O) groups excluding carboxylic acids is 1. The van der Waals surface area contributed by atoms with Crippen LogP contribution >= 0.6 is 0 Å². The van der Waals surface area contributed by atoms with Crippen molar-refractivity contribution in [1.82, 2.24) is 5.32 Å². The monoisotopic (exact) mass is 217 g/mol. The molecule has 0 unspecified atom stereocenters. The predicted molar refractivity (Wildman–Crippen MR) is 37.7 cm³/mol. The van der Waals surface area contributed by atoms with Gasteiger partial charge in [0.25, 0.3) is 5.97 Å². The molecule has 8 heteroatoms. The van der Waals surface area contributed by atoms with Gasteiger partial charge in [0.2, 0.25) is 5.91 Å². The van der Waals surface area contributed by atoms with E-state index in [1.165, 1.54) is 5.32 Å². The van der Waals surface area contributed by atoms with Gasteiger partial charge in [-0.15, -0.1) is 0 Å². The molecule has 14 heavy (non-hydrogen) atoms. The van der Waals surface area contributed by atoms with Gasteiger partial charge in [-0.05, 0) is 0 Å². The fourth-order valence-electron chi connectivity index (χ4n) is 0.568. The summed E-state index contributed by atoms with van der Waals surface area (Å²) in [4.78, 5) is 10.6. The molecule has 0 spiro atoms. The van der Waals surface area contributed by atoms with E-state index in [0.29, 0.717) is 0 Å². The number of halogens is 3. The zero-order chi connectivity index (χ0) is 11.4. The van der Waals surface area contributed by atoms with E-state index in [9.17, 15) is 18.0 Å². The van der Waals surface area contributed by atoms with Gasteiger partial charge in [-0.2, -0.15) is 13.2 Å². The maximum absolute atomic E-state index is 11.5. The van der Waals surface area contributed by atoms with Crippen LogP contribution in [-0.2, 0) is 4.79 Å². The molecule has 0 heterocycles. The molecule has 0 rings (SSSR count). The highest BCUT2D eigenvalue weighted by molar-refractivity contribution is 5.75. The molecule has 0 aliphatic rings. The summed E-state index contributed by atoms with van der Waals surface area (Å²) in [5, 5.41) is 26.4. The molecule has 0 fully saturated rings. The van der Waals surface area contributed by atoms with E-state index in [2.05, 4.69) is 0 Å². The van der Waals surface area contributed by atoms with Crippen LogP contribution in [0.2, 0.25) is 0 Å². The maximum atomic E-state index is 11.5. The zero-order valence-corrected chi connectivity index (χ0v) is 7.01. The molecule has 0 radical (unpaired) electrons. The first-order chi connectivity index (χ1) is 6.10. The van der Waals surface area contributed by atoms with E-state index in [1.54, 1.807) is 0 Å². The first-order valence-electron chi connectivity index (χ1n) is 3.61. The lowest BCUT2D eigenvalue weighted by Gasteiger charge is -2.13. The summed E-state index contributed by atoms with van der Waals surface area (Å²) in [5.74, 6) is -4.06. The highest BCUT2D eigenvalue weighted by atomic mass is 19.4. The van der Waals surface area contributed by atoms with Gasteiger partial charge >= 0.3 is 6.18 Å². The van der Waals surface area contributed by atoms with Gasteiger partial charge in [0.15, 0.2) is 0 Å². The molecule has 0 bridgehead atoms. The van der Waals surface area contributed by atoms with Gasteiger partial charge in [-0.25, -0.2) is 0 Å². The number of hydrogen-bond acceptors (Lipinski definition) is 4. The van der Waals surface area contributed by atoms with Gasteiger partial charge in [-0.1, -0.05) is 0 Å². The molecule has 0 aromatic heterocycles. The Morgan fingerprint density at radius 1 is 1.21 bits per heavy atom. The van der Waals surface area contributed by atoms with Gasteiger partial charge in [0.1, 0.15) is 6.54 Å². The van der Waals surface area contributed by atoms with E-state index in [4.69, 9.17) is 15.3 Å². The van der Waals surface area contributed by atoms with E-state index < -0.39 is 37.4 Å². The summed E-state index contributed by atoms with van der Waals surface area (Å²) in [5.41, 5.74) is 0. The lowest BCUT2D eigenvalue weighted by Crippen LogP contribution is -2.35. The van der Waals surface area contributed by atoms with Gasteiger partial charge in [0.05, 0.1) is 0 Å². The Labute approximate surface area is 77.2 Å². The average molecular weight is 217 g/mol. The molecular weight excluding hydrogens is 207 g/mol. The Bertz CT molecular complexity index is 178. The second-order valence-electron chi connectivity index (χ2n) is 2.67. The van der Waals surface area contributed by atoms with Gasteiger partial charge < -0.3 is 20.6 Å². The van der Waals surface area contributed by atoms with Crippen LogP contribution in [0.15, 0.2) is 0 Å². The molecule has 84 valence electrons. The molecule has 5 nitrogen and oxygen atoms in total. The largest absolute Gasteiger partial charge is 0.405 e. The average Bonchev–Trinajstić information content (AvgIpc) is 1.94. The van der Waals surface area contributed by atoms with Crippen molar-refractivity contribution in [1.29, 1.82) is 0 Å². The van der Waals surface area contributed by atoms with Crippen molar-refractivity contribution in [2.75, 3.05) is 6.54 Å². The second-order valence-corrected chi connectivity index (χ2v) is 2.67. The highest BCUT2D eigenvalue weighted by Crippen LogP contribution is 2.12. The van der Waals surface area contributed by atoms with Crippen LogP contribution in [0.5, 0.6) is 0 Å². The third-order valence-electron chi connectivity index (χ3n) is 1.17. The van der Waals surface area contributed by atoms with Crippen LogP contribution in [0.4, 0.5) is 13.2 Å². The van der Waals surface area contributed by atoms with Crippen LogP contribution in [-0.4, -0.2) is 39.9 Å². The van der Waals surface area contributed by atoms with Crippen LogP contribution in [0, 0.1) is 0 Å². The molecule has 4 N–H and O–H groups in total. The topological polar surface area (TPSA) is 89.8 Å². The fourth-order valence-corrected chi connectivity index (χ4v) is 0.568. The molecule has 0 aliphatic carbocycles. The Balaban J connectivity index is 3.68. The Hall–Kier alpha value is -0.860. The fraction of sp³-hybridized carbons (Fsp3) is 0.833. The molecule has 0 aromatic carbocycles. The SMILES string of the molecule is O=C(CCC(O)(O)O)NCC(F)(F)F. The summed E-state index contributed by atoms with van der Waals surface area (Å²) in [6.45, 7) is -1.49. The number of alkyl halides is 3. The third kappa shape index (κ3) is 9.23. The minimum absolute atomic E-state index is 0.612. The molecule has 1 amide bonds. The quantitative estimate of drug-likeness (QED) is 0.458. The standard InChI is InChI=1S/C6H10F3NO4/c7-5(8,9)3-10-4(11)1-2-6(12,13)14/h12-14H,1-3H2,(H,10,11). The summed E-state index contributed by atoms with van der Waals surface area (Å²) < 4.78 is 34.6. The number of aliphatic hydroxyl groups is 3. The number of hydrogen-bond donors (Lipinski definition) is 4. The van der Waals surface area contributed by atoms with Crippen molar-refractivity contribution >= 4 is 5.91 Å². The van der Waals surface area contributed by atoms with Crippen molar-refractivity contribution in [3.8, 4) is 0 Å². The van der Waals surface area contributed by atoms with Gasteiger partial charge in [-0.3, -0.25) is 4.79 Å². The van der Waals surface area contributed by atoms with E-state index in [1.807, 2.05) is 0 Å². The zero-order valence-electron chi connectivity index (χ0n) is 7.01. The Kier molecular flexibility index (Phi) is 4.30. The lowest BCUT2D eigenvalue weighted by atomic mass is 10.2. The highest BCUT2D eigenvalue weighted by Gasteiger charge is 2.28. The first-order valence-corrected chi connectivity index (χ1v) is 3.61. The summed E-state index contributed by atoms with van der Waals surface area (Å²) >= 11 is 0. The normalized spacial score (nSPS) is 12.7. The smallest absolute Gasteiger partial charge is 0.347 e. The lowest BCUT2D eigenvalue weighted by molar-refractivity contribution is -0.314. The van der Waals surface area contributed by atoms with Crippen molar-refractivity contribution in [2.24, 2.45) is 0 Å².